The molecule has 1 aromatic carbocycles. The van der Waals surface area contributed by atoms with Crippen LogP contribution in [-0.2, 0) is 13.0 Å². The van der Waals surface area contributed by atoms with Crippen LogP contribution in [-0.4, -0.2) is 55.6 Å². The van der Waals surface area contributed by atoms with E-state index in [0.29, 0.717) is 6.04 Å². The predicted molar refractivity (Wildman–Crippen MR) is 88.6 cm³/mol. The molecule has 3 heteroatoms. The summed E-state index contributed by atoms with van der Waals surface area (Å²) >= 11 is 0. The number of fused-ring (bicyclic) bond motifs is 1. The van der Waals surface area contributed by atoms with Gasteiger partial charge in [0.05, 0.1) is 0 Å². The maximum Gasteiger partial charge on any atom is 0.0264 e. The van der Waals surface area contributed by atoms with Crippen molar-refractivity contribution in [1.82, 2.24) is 15.1 Å². The lowest BCUT2D eigenvalue weighted by molar-refractivity contribution is 0.160. The Bertz CT molecular complexity index is 440. The number of nitrogens with one attached hydrogen (secondary N) is 1. The minimum Gasteiger partial charge on any atom is -0.318 e. The summed E-state index contributed by atoms with van der Waals surface area (Å²) in [6.45, 7) is 7.38. The van der Waals surface area contributed by atoms with Gasteiger partial charge in [-0.3, -0.25) is 4.90 Å². The minimum atomic E-state index is 0.656. The van der Waals surface area contributed by atoms with Crippen LogP contribution in [0.4, 0.5) is 0 Å². The van der Waals surface area contributed by atoms with Crippen molar-refractivity contribution in [2.75, 3.05) is 39.8 Å². The van der Waals surface area contributed by atoms with E-state index in [4.69, 9.17) is 0 Å². The highest BCUT2D eigenvalue weighted by Gasteiger charge is 2.25. The van der Waals surface area contributed by atoms with E-state index in [9.17, 15) is 0 Å². The molecule has 0 bridgehead atoms. The Morgan fingerprint density at radius 3 is 2.62 bits per heavy atom. The lowest BCUT2D eigenvalue weighted by Gasteiger charge is -2.37. The molecule has 1 saturated heterocycles. The molecule has 3 rings (SSSR count). The fourth-order valence-electron chi connectivity index (χ4n) is 3.84. The van der Waals surface area contributed by atoms with Gasteiger partial charge in [-0.15, -0.1) is 0 Å². The van der Waals surface area contributed by atoms with Gasteiger partial charge in [0, 0.05) is 25.7 Å². The summed E-state index contributed by atoms with van der Waals surface area (Å²) in [6, 6.07) is 9.62. The molecule has 1 unspecified atom stereocenters. The molecule has 1 N–H and O–H groups in total. The number of hydrogen-bond donors (Lipinski definition) is 1. The molecular weight excluding hydrogens is 258 g/mol. The number of hydrogen-bond acceptors (Lipinski definition) is 3. The summed E-state index contributed by atoms with van der Waals surface area (Å²) in [5.74, 6) is 0. The number of rotatable bonds is 6. The molecule has 0 spiro atoms. The fourth-order valence-corrected chi connectivity index (χ4v) is 3.84. The highest BCUT2D eigenvalue weighted by Crippen LogP contribution is 2.23. The molecule has 0 aromatic heterocycles. The SMILES string of the molecule is CNCC1Cc2ccccc2CN1CCCN1CCCC1. The van der Waals surface area contributed by atoms with Crippen LogP contribution in [0.3, 0.4) is 0 Å². The summed E-state index contributed by atoms with van der Waals surface area (Å²) in [4.78, 5) is 5.32. The van der Waals surface area contributed by atoms with Crippen LogP contribution in [0.5, 0.6) is 0 Å². The first kappa shape index (κ1) is 15.0. The number of likely N-dealkylation sites (N-methyl/N-ethyl adjacent to an activating group) is 1. The van der Waals surface area contributed by atoms with Gasteiger partial charge in [0.15, 0.2) is 0 Å². The van der Waals surface area contributed by atoms with Crippen LogP contribution in [0.1, 0.15) is 30.4 Å². The molecule has 0 aliphatic carbocycles. The Kier molecular flexibility index (Phi) is 5.28. The van der Waals surface area contributed by atoms with Gasteiger partial charge in [0.2, 0.25) is 0 Å². The Labute approximate surface area is 129 Å². The van der Waals surface area contributed by atoms with Crippen LogP contribution in [0, 0.1) is 0 Å². The van der Waals surface area contributed by atoms with Crippen molar-refractivity contribution in [3.05, 3.63) is 35.4 Å². The van der Waals surface area contributed by atoms with Gasteiger partial charge in [-0.05, 0) is 63.5 Å². The first-order valence-corrected chi connectivity index (χ1v) is 8.54. The van der Waals surface area contributed by atoms with E-state index in [0.717, 1.165) is 13.1 Å². The third-order valence-electron chi connectivity index (χ3n) is 5.02. The second-order valence-corrected chi connectivity index (χ2v) is 6.56. The van der Waals surface area contributed by atoms with E-state index < -0.39 is 0 Å². The predicted octanol–water partition coefficient (Wildman–Crippen LogP) is 2.12. The number of likely N-dealkylation sites (tertiary alicyclic amines) is 1. The first-order valence-electron chi connectivity index (χ1n) is 8.54. The molecular formula is C18H29N3. The van der Waals surface area contributed by atoms with Crippen LogP contribution in [0.15, 0.2) is 24.3 Å². The summed E-state index contributed by atoms with van der Waals surface area (Å²) in [5.41, 5.74) is 3.08. The van der Waals surface area contributed by atoms with E-state index in [1.165, 1.54) is 57.4 Å². The molecule has 3 nitrogen and oxygen atoms in total. The molecule has 116 valence electrons. The van der Waals surface area contributed by atoms with Crippen LogP contribution >= 0.6 is 0 Å². The van der Waals surface area contributed by atoms with Gasteiger partial charge < -0.3 is 10.2 Å². The Hall–Kier alpha value is -0.900. The van der Waals surface area contributed by atoms with Gasteiger partial charge in [-0.2, -0.15) is 0 Å². The third kappa shape index (κ3) is 3.85. The lowest BCUT2D eigenvalue weighted by atomic mass is 9.93. The average molecular weight is 287 g/mol. The molecule has 2 aliphatic heterocycles. The quantitative estimate of drug-likeness (QED) is 0.864. The van der Waals surface area contributed by atoms with Crippen molar-refractivity contribution in [2.45, 2.75) is 38.3 Å². The van der Waals surface area contributed by atoms with Crippen LogP contribution in [0.25, 0.3) is 0 Å². The molecule has 0 amide bonds. The maximum atomic E-state index is 3.38. The molecule has 1 fully saturated rings. The zero-order valence-corrected chi connectivity index (χ0v) is 13.4. The summed E-state index contributed by atoms with van der Waals surface area (Å²) in [7, 11) is 2.07. The zero-order chi connectivity index (χ0) is 14.5. The zero-order valence-electron chi connectivity index (χ0n) is 13.4. The Morgan fingerprint density at radius 1 is 1.10 bits per heavy atom. The van der Waals surface area contributed by atoms with E-state index >= 15 is 0 Å². The van der Waals surface area contributed by atoms with Crippen molar-refractivity contribution in [3.63, 3.8) is 0 Å². The number of benzene rings is 1. The highest BCUT2D eigenvalue weighted by atomic mass is 15.2. The smallest absolute Gasteiger partial charge is 0.0264 e. The van der Waals surface area contributed by atoms with Crippen molar-refractivity contribution < 1.29 is 0 Å². The monoisotopic (exact) mass is 287 g/mol. The average Bonchev–Trinajstić information content (AvgIpc) is 3.01. The van der Waals surface area contributed by atoms with Gasteiger partial charge in [-0.25, -0.2) is 0 Å². The maximum absolute atomic E-state index is 3.38. The van der Waals surface area contributed by atoms with E-state index in [1.807, 2.05) is 0 Å². The molecule has 1 aromatic rings. The van der Waals surface area contributed by atoms with Crippen molar-refractivity contribution >= 4 is 0 Å². The van der Waals surface area contributed by atoms with Gasteiger partial charge in [-0.1, -0.05) is 24.3 Å². The Morgan fingerprint density at radius 2 is 1.86 bits per heavy atom. The van der Waals surface area contributed by atoms with Gasteiger partial charge in [0.25, 0.3) is 0 Å². The summed E-state index contributed by atoms with van der Waals surface area (Å²) in [6.07, 6.45) is 5.31. The van der Waals surface area contributed by atoms with Gasteiger partial charge >= 0.3 is 0 Å². The molecule has 1 atom stereocenters. The molecule has 2 aliphatic rings. The van der Waals surface area contributed by atoms with E-state index in [-0.39, 0.29) is 0 Å². The topological polar surface area (TPSA) is 18.5 Å². The fraction of sp³-hybridized carbons (Fsp3) is 0.667. The normalized spacial score (nSPS) is 23.4. The lowest BCUT2D eigenvalue weighted by Crippen LogP contribution is -2.46. The van der Waals surface area contributed by atoms with Crippen molar-refractivity contribution in [1.29, 1.82) is 0 Å². The van der Waals surface area contributed by atoms with Gasteiger partial charge in [0.1, 0.15) is 0 Å². The summed E-state index contributed by atoms with van der Waals surface area (Å²) < 4.78 is 0. The first-order chi connectivity index (χ1) is 10.4. The molecule has 0 radical (unpaired) electrons. The second kappa shape index (κ2) is 7.39. The number of nitrogens with zero attached hydrogens (tertiary/aromatic N) is 2. The highest BCUT2D eigenvalue weighted by molar-refractivity contribution is 5.30. The van der Waals surface area contributed by atoms with Crippen LogP contribution < -0.4 is 5.32 Å². The molecule has 21 heavy (non-hydrogen) atoms. The largest absolute Gasteiger partial charge is 0.318 e. The Balaban J connectivity index is 1.56. The van der Waals surface area contributed by atoms with E-state index in [2.05, 4.69) is 46.4 Å². The third-order valence-corrected chi connectivity index (χ3v) is 5.02. The standard InChI is InChI=1S/C18H29N3/c1-19-14-18-13-16-7-2-3-8-17(16)15-21(18)12-6-11-20-9-4-5-10-20/h2-3,7-8,18-19H,4-6,9-15H2,1H3. The molecule has 2 heterocycles. The van der Waals surface area contributed by atoms with Crippen molar-refractivity contribution in [2.24, 2.45) is 0 Å². The minimum absolute atomic E-state index is 0.656. The summed E-state index contributed by atoms with van der Waals surface area (Å²) in [5, 5.41) is 3.38. The second-order valence-electron chi connectivity index (χ2n) is 6.56. The van der Waals surface area contributed by atoms with Crippen molar-refractivity contribution in [3.8, 4) is 0 Å². The van der Waals surface area contributed by atoms with Crippen LogP contribution in [0.2, 0.25) is 0 Å². The van der Waals surface area contributed by atoms with E-state index in [1.54, 1.807) is 5.56 Å². The molecule has 0 saturated carbocycles.